The highest BCUT2D eigenvalue weighted by atomic mass is 16.4. The van der Waals surface area contributed by atoms with Crippen LogP contribution in [-0.4, -0.2) is 31.9 Å². The number of hydrogen-bond donors (Lipinski definition) is 3. The predicted molar refractivity (Wildman–Crippen MR) is 71.4 cm³/mol. The van der Waals surface area contributed by atoms with Crippen LogP contribution in [0.1, 0.15) is 5.69 Å². The average Bonchev–Trinajstić information content (AvgIpc) is 2.76. The molecule has 0 bridgehead atoms. The Morgan fingerprint density at radius 3 is 2.55 bits per heavy atom. The van der Waals surface area contributed by atoms with Gasteiger partial charge in [0.25, 0.3) is 0 Å². The average molecular weight is 275 g/mol. The molecule has 0 aliphatic heterocycles. The van der Waals surface area contributed by atoms with Gasteiger partial charge in [0.1, 0.15) is 0 Å². The molecule has 0 aliphatic rings. The Hall–Kier alpha value is -2.90. The first-order chi connectivity index (χ1) is 9.52. The van der Waals surface area contributed by atoms with E-state index in [1.807, 2.05) is 0 Å². The maximum absolute atomic E-state index is 11.7. The van der Waals surface area contributed by atoms with Crippen molar-refractivity contribution in [2.45, 2.75) is 6.42 Å². The predicted octanol–water partition coefficient (Wildman–Crippen LogP) is 1.09. The van der Waals surface area contributed by atoms with E-state index in [9.17, 15) is 9.59 Å². The van der Waals surface area contributed by atoms with E-state index < -0.39 is 12.0 Å². The Morgan fingerprint density at radius 1 is 1.25 bits per heavy atom. The van der Waals surface area contributed by atoms with Crippen molar-refractivity contribution in [1.29, 1.82) is 0 Å². The van der Waals surface area contributed by atoms with E-state index in [0.29, 0.717) is 17.1 Å². The van der Waals surface area contributed by atoms with Crippen molar-refractivity contribution in [3.05, 3.63) is 36.4 Å². The Kier molecular flexibility index (Phi) is 3.94. The van der Waals surface area contributed by atoms with E-state index in [1.54, 1.807) is 30.1 Å². The van der Waals surface area contributed by atoms with E-state index in [-0.39, 0.29) is 6.42 Å². The van der Waals surface area contributed by atoms with Crippen molar-refractivity contribution in [2.24, 2.45) is 7.05 Å². The van der Waals surface area contributed by atoms with E-state index in [4.69, 9.17) is 5.11 Å². The lowest BCUT2D eigenvalue weighted by Crippen LogP contribution is -2.19. The molecule has 0 saturated heterocycles. The third-order valence-electron chi connectivity index (χ3n) is 2.38. The van der Waals surface area contributed by atoms with Gasteiger partial charge in [-0.15, -0.1) is 0 Å². The fourth-order valence-electron chi connectivity index (χ4n) is 1.54. The first-order valence-corrected chi connectivity index (χ1v) is 5.76. The second-order valence-electron chi connectivity index (χ2n) is 4.09. The van der Waals surface area contributed by atoms with Crippen molar-refractivity contribution in [3.8, 4) is 0 Å². The minimum Gasteiger partial charge on any atom is -0.481 e. The largest absolute Gasteiger partial charge is 0.481 e. The van der Waals surface area contributed by atoms with Gasteiger partial charge in [0.2, 0.25) is 0 Å². The first-order valence-electron chi connectivity index (χ1n) is 5.76. The molecule has 2 aromatic rings. The first kappa shape index (κ1) is 13.5. The zero-order valence-electron chi connectivity index (χ0n) is 10.7. The van der Waals surface area contributed by atoms with Gasteiger partial charge in [0.15, 0.2) is 0 Å². The monoisotopic (exact) mass is 275 g/mol. The maximum atomic E-state index is 11.7. The molecule has 3 N–H and O–H groups in total. The van der Waals surface area contributed by atoms with Gasteiger partial charge >= 0.3 is 12.0 Å². The molecule has 2 heterocycles. The number of aromatic nitrogens is 3. The van der Waals surface area contributed by atoms with Crippen LogP contribution in [0.2, 0.25) is 0 Å². The molecule has 8 nitrogen and oxygen atoms in total. The highest BCUT2D eigenvalue weighted by Gasteiger charge is 2.05. The molecule has 2 rings (SSSR count). The van der Waals surface area contributed by atoms with Gasteiger partial charge in [0, 0.05) is 13.2 Å². The second kappa shape index (κ2) is 5.83. The number of urea groups is 1. The highest BCUT2D eigenvalue weighted by Crippen LogP contribution is 2.09. The molecule has 0 saturated carbocycles. The fourth-order valence-corrected chi connectivity index (χ4v) is 1.54. The number of pyridine rings is 1. The fraction of sp³-hybridized carbons (Fsp3) is 0.167. The molecule has 0 radical (unpaired) electrons. The maximum Gasteiger partial charge on any atom is 0.323 e. The topological polar surface area (TPSA) is 109 Å². The van der Waals surface area contributed by atoms with Gasteiger partial charge in [-0.3, -0.25) is 14.5 Å². The number of nitrogens with one attached hydrogen (secondary N) is 2. The minimum absolute atomic E-state index is 0.151. The van der Waals surface area contributed by atoms with Crippen LogP contribution in [0.4, 0.5) is 16.2 Å². The number of amides is 2. The summed E-state index contributed by atoms with van der Waals surface area (Å²) in [5.74, 6) is -0.951. The summed E-state index contributed by atoms with van der Waals surface area (Å²) in [5.41, 5.74) is 1.47. The molecule has 20 heavy (non-hydrogen) atoms. The number of aliphatic carboxylic acids is 1. The molecule has 0 aliphatic carbocycles. The third kappa shape index (κ3) is 3.80. The number of nitrogens with zero attached hydrogens (tertiary/aromatic N) is 3. The highest BCUT2D eigenvalue weighted by molar-refractivity contribution is 5.99. The van der Waals surface area contributed by atoms with Gasteiger partial charge in [-0.05, 0) is 12.1 Å². The van der Waals surface area contributed by atoms with Gasteiger partial charge in [-0.2, -0.15) is 5.10 Å². The van der Waals surface area contributed by atoms with Crippen molar-refractivity contribution < 1.29 is 14.7 Å². The second-order valence-corrected chi connectivity index (χ2v) is 4.09. The number of anilines is 2. The lowest BCUT2D eigenvalue weighted by atomic mass is 10.2. The number of hydrogen-bond acceptors (Lipinski definition) is 4. The summed E-state index contributed by atoms with van der Waals surface area (Å²) in [6, 6.07) is 2.72. The lowest BCUT2D eigenvalue weighted by Gasteiger charge is -2.06. The molecule has 0 atom stereocenters. The summed E-state index contributed by atoms with van der Waals surface area (Å²) in [7, 11) is 1.74. The Labute approximate surface area is 114 Å². The van der Waals surface area contributed by atoms with Crippen LogP contribution in [-0.2, 0) is 18.3 Å². The molecule has 2 amide bonds. The van der Waals surface area contributed by atoms with Crippen LogP contribution in [0.3, 0.4) is 0 Å². The summed E-state index contributed by atoms with van der Waals surface area (Å²) < 4.78 is 1.57. The number of carbonyl (C=O) groups excluding carboxylic acids is 1. The third-order valence-corrected chi connectivity index (χ3v) is 2.38. The molecular formula is C12H13N5O3. The van der Waals surface area contributed by atoms with Gasteiger partial charge in [-0.25, -0.2) is 4.79 Å². The van der Waals surface area contributed by atoms with E-state index >= 15 is 0 Å². The SMILES string of the molecule is Cn1cc(NC(=O)Nc2ccc(CC(=O)O)nc2)cn1. The quantitative estimate of drug-likeness (QED) is 0.773. The normalized spacial score (nSPS) is 10.1. The van der Waals surface area contributed by atoms with Crippen molar-refractivity contribution in [1.82, 2.24) is 14.8 Å². The standard InChI is InChI=1S/C12H13N5O3/c1-17-7-10(6-14-17)16-12(20)15-9-3-2-8(13-5-9)4-11(18)19/h2-3,5-7H,4H2,1H3,(H,18,19)(H2,15,16,20). The summed E-state index contributed by atoms with van der Waals surface area (Å²) >= 11 is 0. The van der Waals surface area contributed by atoms with Crippen LogP contribution < -0.4 is 10.6 Å². The Bertz CT molecular complexity index is 620. The minimum atomic E-state index is -0.951. The van der Waals surface area contributed by atoms with E-state index in [0.717, 1.165) is 0 Å². The van der Waals surface area contributed by atoms with Crippen molar-refractivity contribution in [3.63, 3.8) is 0 Å². The molecule has 0 spiro atoms. The summed E-state index contributed by atoms with van der Waals surface area (Å²) in [5, 5.41) is 17.7. The number of rotatable bonds is 4. The molecular weight excluding hydrogens is 262 g/mol. The smallest absolute Gasteiger partial charge is 0.323 e. The molecule has 8 heteroatoms. The van der Waals surface area contributed by atoms with Gasteiger partial charge in [0.05, 0.1) is 35.9 Å². The van der Waals surface area contributed by atoms with Gasteiger partial charge < -0.3 is 15.7 Å². The molecule has 104 valence electrons. The molecule has 0 unspecified atom stereocenters. The molecule has 2 aromatic heterocycles. The summed E-state index contributed by atoms with van der Waals surface area (Å²) in [6.45, 7) is 0. The van der Waals surface area contributed by atoms with Gasteiger partial charge in [-0.1, -0.05) is 0 Å². The number of carboxylic acids is 1. The molecule has 0 aromatic carbocycles. The number of aryl methyl sites for hydroxylation is 1. The van der Waals surface area contributed by atoms with Crippen LogP contribution in [0.25, 0.3) is 0 Å². The zero-order chi connectivity index (χ0) is 14.5. The lowest BCUT2D eigenvalue weighted by molar-refractivity contribution is -0.136. The number of carbonyl (C=O) groups is 2. The molecule has 0 fully saturated rings. The Morgan fingerprint density at radius 2 is 2.00 bits per heavy atom. The zero-order valence-corrected chi connectivity index (χ0v) is 10.7. The van der Waals surface area contributed by atoms with E-state index in [1.165, 1.54) is 12.4 Å². The summed E-state index contributed by atoms with van der Waals surface area (Å²) in [6.07, 6.45) is 4.44. The number of carboxylic acid groups (broad SMARTS) is 1. The van der Waals surface area contributed by atoms with Crippen LogP contribution >= 0.6 is 0 Å². The van der Waals surface area contributed by atoms with Crippen molar-refractivity contribution in [2.75, 3.05) is 10.6 Å². The van der Waals surface area contributed by atoms with Crippen LogP contribution in [0.15, 0.2) is 30.7 Å². The van der Waals surface area contributed by atoms with E-state index in [2.05, 4.69) is 20.7 Å². The van der Waals surface area contributed by atoms with Crippen molar-refractivity contribution >= 4 is 23.4 Å². The van der Waals surface area contributed by atoms with Crippen LogP contribution in [0, 0.1) is 0 Å². The Balaban J connectivity index is 1.92. The van der Waals surface area contributed by atoms with Crippen LogP contribution in [0.5, 0.6) is 0 Å². The summed E-state index contributed by atoms with van der Waals surface area (Å²) in [4.78, 5) is 26.1.